The fourth-order valence-electron chi connectivity index (χ4n) is 2.63. The maximum atomic E-state index is 11.8. The molecule has 0 saturated carbocycles. The number of guanidine groups is 1. The highest BCUT2D eigenvalue weighted by Gasteiger charge is 2.44. The van der Waals surface area contributed by atoms with E-state index in [-0.39, 0.29) is 18.5 Å². The Balaban J connectivity index is 1.62. The average molecular weight is 333 g/mol. The van der Waals surface area contributed by atoms with Crippen molar-refractivity contribution in [2.24, 2.45) is 15.7 Å². The summed E-state index contributed by atoms with van der Waals surface area (Å²) in [6.07, 6.45) is 1.27. The summed E-state index contributed by atoms with van der Waals surface area (Å²) < 4.78 is 20.8. The molecule has 0 spiro atoms. The summed E-state index contributed by atoms with van der Waals surface area (Å²) in [4.78, 5) is 39.1. The van der Waals surface area contributed by atoms with Gasteiger partial charge in [-0.2, -0.15) is 0 Å². The van der Waals surface area contributed by atoms with Crippen LogP contribution >= 0.6 is 7.82 Å². The number of phosphoric acid groups is 1. The SMILES string of the molecule is NC1=NC2C(N=CN2[C@H]2CC[C@@H](COP(=O)(O)O)O2)C(=O)N1. The lowest BCUT2D eigenvalue weighted by Crippen LogP contribution is -2.55. The molecule has 0 aromatic carbocycles. The fraction of sp³-hybridized carbons (Fsp3) is 0.700. The molecule has 0 aromatic heterocycles. The van der Waals surface area contributed by atoms with Crippen LogP contribution in [0, 0.1) is 0 Å². The van der Waals surface area contributed by atoms with Crippen LogP contribution in [0.5, 0.6) is 0 Å². The topological polar surface area (TPSA) is 159 Å². The van der Waals surface area contributed by atoms with Crippen molar-refractivity contribution in [3.63, 3.8) is 0 Å². The summed E-state index contributed by atoms with van der Waals surface area (Å²) in [5.41, 5.74) is 5.55. The van der Waals surface area contributed by atoms with Gasteiger partial charge in [-0.1, -0.05) is 0 Å². The van der Waals surface area contributed by atoms with Crippen LogP contribution in [0.15, 0.2) is 9.98 Å². The molecule has 1 saturated heterocycles. The molecule has 3 heterocycles. The maximum absolute atomic E-state index is 11.8. The van der Waals surface area contributed by atoms with E-state index in [0.29, 0.717) is 12.8 Å². The number of aliphatic imine (C=N–C) groups is 2. The van der Waals surface area contributed by atoms with E-state index in [2.05, 4.69) is 19.8 Å². The van der Waals surface area contributed by atoms with Gasteiger partial charge in [0.25, 0.3) is 5.91 Å². The van der Waals surface area contributed by atoms with E-state index in [0.717, 1.165) is 0 Å². The first-order valence-corrected chi connectivity index (χ1v) is 8.17. The van der Waals surface area contributed by atoms with Gasteiger partial charge in [-0.05, 0) is 12.8 Å². The van der Waals surface area contributed by atoms with Gasteiger partial charge in [0.1, 0.15) is 6.23 Å². The Morgan fingerprint density at radius 2 is 2.32 bits per heavy atom. The standard InChI is InChI=1S/C10H16N5O6P/c11-10-13-8-7(9(16)14-10)12-4-15(8)6-2-1-5(21-6)3-20-22(17,18)19/h4-8H,1-3H2,(H2,17,18,19)(H3,11,13,14,16)/t5-,6+,7?,8?/m0/s1. The summed E-state index contributed by atoms with van der Waals surface area (Å²) in [7, 11) is -4.51. The van der Waals surface area contributed by atoms with Crippen molar-refractivity contribution in [3.05, 3.63) is 0 Å². The number of carbonyl (C=O) groups is 1. The molecule has 1 amide bonds. The first-order chi connectivity index (χ1) is 10.3. The zero-order valence-electron chi connectivity index (χ0n) is 11.4. The second kappa shape index (κ2) is 5.60. The fourth-order valence-corrected chi connectivity index (χ4v) is 2.99. The number of rotatable bonds is 4. The van der Waals surface area contributed by atoms with Crippen molar-refractivity contribution in [1.82, 2.24) is 10.2 Å². The lowest BCUT2D eigenvalue weighted by atomic mass is 10.2. The number of nitrogens with zero attached hydrogens (tertiary/aromatic N) is 3. The summed E-state index contributed by atoms with van der Waals surface area (Å²) in [6, 6.07) is -0.665. The Kier molecular flexibility index (Phi) is 3.91. The Bertz CT molecular complexity index is 576. The van der Waals surface area contributed by atoms with Gasteiger partial charge in [-0.3, -0.25) is 19.6 Å². The van der Waals surface area contributed by atoms with Gasteiger partial charge in [0, 0.05) is 0 Å². The number of hydrogen-bond acceptors (Lipinski definition) is 8. The molecule has 5 N–H and O–H groups in total. The first kappa shape index (κ1) is 15.4. The van der Waals surface area contributed by atoms with Crippen molar-refractivity contribution in [2.75, 3.05) is 6.61 Å². The summed E-state index contributed by atoms with van der Waals surface area (Å²) in [6.45, 7) is -0.203. The van der Waals surface area contributed by atoms with Gasteiger partial charge in [0.15, 0.2) is 18.2 Å². The quantitative estimate of drug-likeness (QED) is 0.433. The second-order valence-electron chi connectivity index (χ2n) is 5.15. The Labute approximate surface area is 125 Å². The monoisotopic (exact) mass is 333 g/mol. The van der Waals surface area contributed by atoms with Crippen LogP contribution in [0.3, 0.4) is 0 Å². The lowest BCUT2D eigenvalue weighted by molar-refractivity contribution is -0.123. The smallest absolute Gasteiger partial charge is 0.370 e. The van der Waals surface area contributed by atoms with Gasteiger partial charge in [0.2, 0.25) is 0 Å². The van der Waals surface area contributed by atoms with Crippen molar-refractivity contribution in [3.8, 4) is 0 Å². The minimum atomic E-state index is -4.51. The number of hydrogen-bond donors (Lipinski definition) is 4. The molecule has 0 aliphatic carbocycles. The van der Waals surface area contributed by atoms with E-state index < -0.39 is 32.4 Å². The molecule has 3 aliphatic heterocycles. The van der Waals surface area contributed by atoms with Gasteiger partial charge in [-0.25, -0.2) is 9.56 Å². The van der Waals surface area contributed by atoms with E-state index in [4.69, 9.17) is 20.3 Å². The van der Waals surface area contributed by atoms with Crippen LogP contribution in [0.25, 0.3) is 0 Å². The normalized spacial score (nSPS) is 34.5. The number of ether oxygens (including phenoxy) is 1. The zero-order chi connectivity index (χ0) is 15.9. The van der Waals surface area contributed by atoms with E-state index in [1.807, 2.05) is 0 Å². The van der Waals surface area contributed by atoms with Crippen molar-refractivity contribution < 1.29 is 28.4 Å². The van der Waals surface area contributed by atoms with Crippen LogP contribution in [0.2, 0.25) is 0 Å². The number of fused-ring (bicyclic) bond motifs is 1. The molecule has 12 heteroatoms. The van der Waals surface area contributed by atoms with Crippen LogP contribution in [-0.4, -0.2) is 64.0 Å². The first-order valence-electron chi connectivity index (χ1n) is 6.64. The second-order valence-corrected chi connectivity index (χ2v) is 6.39. The largest absolute Gasteiger partial charge is 0.469 e. The maximum Gasteiger partial charge on any atom is 0.469 e. The van der Waals surface area contributed by atoms with Crippen molar-refractivity contribution in [2.45, 2.75) is 37.4 Å². The van der Waals surface area contributed by atoms with Gasteiger partial charge in [-0.15, -0.1) is 0 Å². The number of carbonyl (C=O) groups excluding carboxylic acids is 1. The Morgan fingerprint density at radius 1 is 1.55 bits per heavy atom. The van der Waals surface area contributed by atoms with Crippen LogP contribution in [0.1, 0.15) is 12.8 Å². The Morgan fingerprint density at radius 3 is 3.05 bits per heavy atom. The van der Waals surface area contributed by atoms with E-state index in [1.54, 1.807) is 4.90 Å². The molecular formula is C10H16N5O6P. The molecule has 0 aromatic rings. The average Bonchev–Trinajstić information content (AvgIpc) is 3.01. The van der Waals surface area contributed by atoms with E-state index in [1.165, 1.54) is 6.34 Å². The molecule has 3 aliphatic rings. The van der Waals surface area contributed by atoms with Crippen molar-refractivity contribution in [1.29, 1.82) is 0 Å². The molecule has 1 fully saturated rings. The number of nitrogens with one attached hydrogen (secondary N) is 1. The number of nitrogens with two attached hydrogens (primary N) is 1. The third-order valence-electron chi connectivity index (χ3n) is 3.59. The highest BCUT2D eigenvalue weighted by molar-refractivity contribution is 7.46. The summed E-state index contributed by atoms with van der Waals surface area (Å²) in [5.74, 6) is -0.295. The summed E-state index contributed by atoms with van der Waals surface area (Å²) in [5, 5.41) is 2.41. The number of amides is 1. The number of phosphoric ester groups is 1. The van der Waals surface area contributed by atoms with Gasteiger partial charge in [0.05, 0.1) is 19.0 Å². The molecule has 3 rings (SSSR count). The molecule has 122 valence electrons. The lowest BCUT2D eigenvalue weighted by Gasteiger charge is -2.31. The minimum Gasteiger partial charge on any atom is -0.370 e. The van der Waals surface area contributed by atoms with Gasteiger partial charge < -0.3 is 25.2 Å². The molecule has 2 unspecified atom stereocenters. The molecule has 0 radical (unpaired) electrons. The van der Waals surface area contributed by atoms with Crippen LogP contribution in [0.4, 0.5) is 0 Å². The molecule has 22 heavy (non-hydrogen) atoms. The molecule has 11 nitrogen and oxygen atoms in total. The third kappa shape index (κ3) is 3.13. The molecule has 4 atom stereocenters. The third-order valence-corrected chi connectivity index (χ3v) is 4.07. The highest BCUT2D eigenvalue weighted by atomic mass is 31.2. The minimum absolute atomic E-state index is 0.0288. The predicted octanol–water partition coefficient (Wildman–Crippen LogP) is -1.92. The molecule has 0 bridgehead atoms. The van der Waals surface area contributed by atoms with Crippen LogP contribution in [-0.2, 0) is 18.6 Å². The summed E-state index contributed by atoms with van der Waals surface area (Å²) >= 11 is 0. The van der Waals surface area contributed by atoms with E-state index in [9.17, 15) is 9.36 Å². The zero-order valence-corrected chi connectivity index (χ0v) is 12.3. The van der Waals surface area contributed by atoms with E-state index >= 15 is 0 Å². The molecular weight excluding hydrogens is 317 g/mol. The Hall–Kier alpha value is -1.52. The van der Waals surface area contributed by atoms with Gasteiger partial charge >= 0.3 is 7.82 Å². The van der Waals surface area contributed by atoms with Crippen LogP contribution < -0.4 is 11.1 Å². The predicted molar refractivity (Wildman–Crippen MR) is 73.6 cm³/mol. The highest BCUT2D eigenvalue weighted by Crippen LogP contribution is 2.37. The van der Waals surface area contributed by atoms with Crippen molar-refractivity contribution >= 4 is 26.0 Å².